The van der Waals surface area contributed by atoms with Crippen LogP contribution < -0.4 is 5.56 Å². The molecule has 5 nitrogen and oxygen atoms in total. The van der Waals surface area contributed by atoms with Crippen molar-refractivity contribution in [1.82, 2.24) is 14.0 Å². The number of benzene rings is 1. The molecule has 2 atom stereocenters. The van der Waals surface area contributed by atoms with Crippen LogP contribution in [0.25, 0.3) is 10.9 Å². The van der Waals surface area contributed by atoms with Crippen molar-refractivity contribution in [2.75, 3.05) is 13.1 Å². The molecule has 1 fully saturated rings. The molecule has 6 heteroatoms. The maximum absolute atomic E-state index is 12.9. The summed E-state index contributed by atoms with van der Waals surface area (Å²) in [5.74, 6) is 0.852. The Morgan fingerprint density at radius 1 is 1.11 bits per heavy atom. The number of carbonyl (C=O) groups is 1. The van der Waals surface area contributed by atoms with Gasteiger partial charge in [0.2, 0.25) is 5.91 Å². The van der Waals surface area contributed by atoms with Gasteiger partial charge in [0.1, 0.15) is 0 Å². The van der Waals surface area contributed by atoms with Gasteiger partial charge in [0.15, 0.2) is 0 Å². The summed E-state index contributed by atoms with van der Waals surface area (Å²) >= 11 is 3.53. The smallest absolute Gasteiger partial charge is 0.250 e. The molecule has 2 aliphatic rings. The predicted molar refractivity (Wildman–Crippen MR) is 112 cm³/mol. The van der Waals surface area contributed by atoms with Gasteiger partial charge in [-0.2, -0.15) is 0 Å². The molecule has 28 heavy (non-hydrogen) atoms. The summed E-state index contributed by atoms with van der Waals surface area (Å²) in [4.78, 5) is 27.1. The highest BCUT2D eigenvalue weighted by molar-refractivity contribution is 9.10. The van der Waals surface area contributed by atoms with Gasteiger partial charge in [-0.3, -0.25) is 9.59 Å². The molecular formula is C22H22BrN3O2. The number of likely N-dealkylation sites (tertiary alicyclic amines) is 1. The first kappa shape index (κ1) is 17.7. The molecule has 4 heterocycles. The van der Waals surface area contributed by atoms with Gasteiger partial charge in [-0.1, -0.05) is 28.1 Å². The van der Waals surface area contributed by atoms with E-state index >= 15 is 0 Å². The van der Waals surface area contributed by atoms with Crippen LogP contribution >= 0.6 is 15.9 Å². The van der Waals surface area contributed by atoms with Crippen LogP contribution in [-0.4, -0.2) is 33.0 Å². The van der Waals surface area contributed by atoms with E-state index in [9.17, 15) is 9.59 Å². The Balaban J connectivity index is 1.30. The van der Waals surface area contributed by atoms with Crippen molar-refractivity contribution in [3.63, 3.8) is 0 Å². The minimum atomic E-state index is 0.0811. The Bertz CT molecular complexity index is 1120. The number of aromatic nitrogens is 2. The third-order valence-electron chi connectivity index (χ3n) is 6.13. The highest BCUT2D eigenvalue weighted by Gasteiger charge is 2.35. The summed E-state index contributed by atoms with van der Waals surface area (Å²) in [6, 6.07) is 13.8. The van der Waals surface area contributed by atoms with Crippen LogP contribution in [0.5, 0.6) is 0 Å². The van der Waals surface area contributed by atoms with Gasteiger partial charge >= 0.3 is 0 Å². The van der Waals surface area contributed by atoms with Gasteiger partial charge in [0.25, 0.3) is 5.56 Å². The van der Waals surface area contributed by atoms with Crippen molar-refractivity contribution in [2.45, 2.75) is 31.8 Å². The zero-order valence-corrected chi connectivity index (χ0v) is 17.1. The maximum Gasteiger partial charge on any atom is 0.250 e. The van der Waals surface area contributed by atoms with E-state index in [2.05, 4.69) is 44.9 Å². The van der Waals surface area contributed by atoms with Gasteiger partial charge in [0, 0.05) is 66.5 Å². The lowest BCUT2D eigenvalue weighted by molar-refractivity contribution is -0.134. The summed E-state index contributed by atoms with van der Waals surface area (Å²) in [6.07, 6.45) is 3.62. The average molecular weight is 440 g/mol. The number of fused-ring (bicyclic) bond motifs is 5. The Morgan fingerprint density at radius 3 is 2.89 bits per heavy atom. The summed E-state index contributed by atoms with van der Waals surface area (Å²) < 4.78 is 5.10. The molecule has 3 aromatic rings. The van der Waals surface area contributed by atoms with Crippen molar-refractivity contribution in [3.05, 3.63) is 69.2 Å². The molecule has 2 aromatic heterocycles. The highest BCUT2D eigenvalue weighted by atomic mass is 79.9. The molecule has 2 unspecified atom stereocenters. The summed E-state index contributed by atoms with van der Waals surface area (Å²) in [6.45, 7) is 2.89. The molecule has 0 aliphatic carbocycles. The molecule has 5 rings (SSSR count). The Hall–Kier alpha value is -2.34. The van der Waals surface area contributed by atoms with Gasteiger partial charge in [0.05, 0.1) is 0 Å². The van der Waals surface area contributed by atoms with Crippen LogP contribution in [-0.2, 0) is 17.9 Å². The number of carbonyl (C=O) groups excluding carboxylic acids is 1. The quantitative estimate of drug-likeness (QED) is 0.625. The standard InChI is InChI=1S/C22H22BrN3O2/c23-18-5-4-16-6-8-24(20(16)11-18)9-7-21(27)25-12-15-10-17(14-25)19-2-1-3-22(28)26(19)13-15/h1-6,8,11,15,17H,7,9-10,12-14H2. The van der Waals surface area contributed by atoms with E-state index in [4.69, 9.17) is 0 Å². The van der Waals surface area contributed by atoms with E-state index in [1.807, 2.05) is 27.7 Å². The monoisotopic (exact) mass is 439 g/mol. The Morgan fingerprint density at radius 2 is 2.00 bits per heavy atom. The molecule has 1 saturated heterocycles. The predicted octanol–water partition coefficient (Wildman–Crippen LogP) is 3.60. The highest BCUT2D eigenvalue weighted by Crippen LogP contribution is 2.35. The SMILES string of the molecule is O=C(CCn1ccc2ccc(Br)cc21)N1CC2CC(C1)c1cccc(=O)n1C2. The topological polar surface area (TPSA) is 47.2 Å². The van der Waals surface area contributed by atoms with Crippen molar-refractivity contribution in [3.8, 4) is 0 Å². The third-order valence-corrected chi connectivity index (χ3v) is 6.63. The number of hydrogen-bond acceptors (Lipinski definition) is 2. The third kappa shape index (κ3) is 3.09. The van der Waals surface area contributed by atoms with Crippen molar-refractivity contribution in [2.24, 2.45) is 5.92 Å². The summed E-state index contributed by atoms with van der Waals surface area (Å²) in [7, 11) is 0. The van der Waals surface area contributed by atoms with Crippen LogP contribution in [0.15, 0.2) is 57.9 Å². The molecule has 2 aliphatic heterocycles. The fraction of sp³-hybridized carbons (Fsp3) is 0.364. The number of pyridine rings is 1. The fourth-order valence-corrected chi connectivity index (χ4v) is 5.18. The molecule has 0 spiro atoms. The van der Waals surface area contributed by atoms with Gasteiger partial charge in [-0.05, 0) is 42.0 Å². The van der Waals surface area contributed by atoms with E-state index < -0.39 is 0 Å². The van der Waals surface area contributed by atoms with Crippen molar-refractivity contribution < 1.29 is 4.79 Å². The van der Waals surface area contributed by atoms with Crippen LogP contribution in [0.1, 0.15) is 24.5 Å². The first-order valence-corrected chi connectivity index (χ1v) is 10.6. The van der Waals surface area contributed by atoms with Crippen LogP contribution in [0.2, 0.25) is 0 Å². The van der Waals surface area contributed by atoms with E-state index in [1.165, 1.54) is 5.39 Å². The van der Waals surface area contributed by atoms with Crippen molar-refractivity contribution >= 4 is 32.7 Å². The number of amides is 1. The van der Waals surface area contributed by atoms with Crippen LogP contribution in [0, 0.1) is 5.92 Å². The average Bonchev–Trinajstić information content (AvgIpc) is 3.09. The number of nitrogens with zero attached hydrogens (tertiary/aromatic N) is 3. The number of rotatable bonds is 3. The fourth-order valence-electron chi connectivity index (χ4n) is 4.83. The summed E-state index contributed by atoms with van der Waals surface area (Å²) in [5.41, 5.74) is 2.31. The molecule has 0 radical (unpaired) electrons. The van der Waals surface area contributed by atoms with Gasteiger partial charge in [-0.15, -0.1) is 0 Å². The minimum absolute atomic E-state index is 0.0811. The lowest BCUT2D eigenvalue weighted by atomic mass is 9.83. The Labute approximate surface area is 171 Å². The zero-order valence-electron chi connectivity index (χ0n) is 15.6. The molecule has 0 N–H and O–H groups in total. The number of hydrogen-bond donors (Lipinski definition) is 0. The second-order valence-electron chi connectivity index (χ2n) is 7.96. The molecule has 1 amide bonds. The zero-order chi connectivity index (χ0) is 19.3. The van der Waals surface area contributed by atoms with E-state index in [0.29, 0.717) is 18.9 Å². The molecule has 0 saturated carbocycles. The lowest BCUT2D eigenvalue weighted by Gasteiger charge is -2.42. The van der Waals surface area contributed by atoms with Gasteiger partial charge < -0.3 is 14.0 Å². The summed E-state index contributed by atoms with van der Waals surface area (Å²) in [5, 5.41) is 1.19. The molecule has 1 aromatic carbocycles. The minimum Gasteiger partial charge on any atom is -0.347 e. The van der Waals surface area contributed by atoms with E-state index in [1.54, 1.807) is 6.07 Å². The van der Waals surface area contributed by atoms with Crippen LogP contribution in [0.3, 0.4) is 0 Å². The second kappa shape index (κ2) is 6.92. The van der Waals surface area contributed by atoms with Crippen molar-refractivity contribution in [1.29, 1.82) is 0 Å². The lowest BCUT2D eigenvalue weighted by Crippen LogP contribution is -2.49. The number of aryl methyl sites for hydroxylation is 1. The number of piperidine rings is 1. The molecule has 2 bridgehead atoms. The van der Waals surface area contributed by atoms with Gasteiger partial charge in [-0.25, -0.2) is 0 Å². The van der Waals surface area contributed by atoms with E-state index in [0.717, 1.165) is 41.7 Å². The number of halogens is 1. The first-order valence-electron chi connectivity index (χ1n) is 9.80. The van der Waals surface area contributed by atoms with E-state index in [-0.39, 0.29) is 17.4 Å². The maximum atomic E-state index is 12.9. The Kier molecular flexibility index (Phi) is 4.38. The normalized spacial score (nSPS) is 21.0. The molecular weight excluding hydrogens is 418 g/mol. The largest absolute Gasteiger partial charge is 0.347 e. The first-order chi connectivity index (χ1) is 13.6. The second-order valence-corrected chi connectivity index (χ2v) is 8.87. The van der Waals surface area contributed by atoms with Crippen LogP contribution in [0.4, 0.5) is 0 Å². The molecule has 144 valence electrons.